The molecular formula is C16H27Cl2N3. The highest BCUT2D eigenvalue weighted by Crippen LogP contribution is 2.21. The van der Waals surface area contributed by atoms with Crippen molar-refractivity contribution in [2.24, 2.45) is 4.99 Å². The zero-order valence-corrected chi connectivity index (χ0v) is 14.6. The number of aryl methyl sites for hydroxylation is 1. The average molecular weight is 332 g/mol. The number of likely N-dealkylation sites (N-methyl/N-ethyl adjacent to an activating group) is 1. The first-order valence-electron chi connectivity index (χ1n) is 7.44. The molecule has 1 aliphatic heterocycles. The lowest BCUT2D eigenvalue weighted by Crippen LogP contribution is -2.26. The molecule has 2 rings (SSSR count). The van der Waals surface area contributed by atoms with Crippen molar-refractivity contribution in [3.63, 3.8) is 0 Å². The van der Waals surface area contributed by atoms with Gasteiger partial charge in [0.05, 0.1) is 6.54 Å². The zero-order chi connectivity index (χ0) is 13.5. The van der Waals surface area contributed by atoms with Crippen LogP contribution in [0.2, 0.25) is 0 Å². The molecule has 1 aromatic rings. The Morgan fingerprint density at radius 1 is 1.10 bits per heavy atom. The number of benzene rings is 1. The zero-order valence-electron chi connectivity index (χ0n) is 13.0. The molecule has 3 nitrogen and oxygen atoms in total. The first kappa shape index (κ1) is 20.2. The molecule has 0 saturated heterocycles. The van der Waals surface area contributed by atoms with Crippen LogP contribution in [0.1, 0.15) is 32.3 Å². The molecule has 0 spiro atoms. The molecule has 0 saturated carbocycles. The van der Waals surface area contributed by atoms with Crippen molar-refractivity contribution in [3.05, 3.63) is 29.8 Å². The van der Waals surface area contributed by atoms with Crippen LogP contribution < -0.4 is 5.32 Å². The van der Waals surface area contributed by atoms with Crippen LogP contribution in [-0.2, 0) is 6.42 Å². The summed E-state index contributed by atoms with van der Waals surface area (Å²) in [6.45, 7) is 8.58. The maximum Gasteiger partial charge on any atom is 0.101 e. The lowest BCUT2D eigenvalue weighted by molar-refractivity contribution is 0.313. The number of halogens is 2. The molecule has 0 atom stereocenters. The van der Waals surface area contributed by atoms with E-state index in [1.807, 2.05) is 0 Å². The fraction of sp³-hybridized carbons (Fsp3) is 0.562. The van der Waals surface area contributed by atoms with Gasteiger partial charge >= 0.3 is 0 Å². The smallest absolute Gasteiger partial charge is 0.101 e. The molecule has 0 amide bonds. The first-order chi connectivity index (χ1) is 9.33. The van der Waals surface area contributed by atoms with Crippen LogP contribution in [0.25, 0.3) is 0 Å². The lowest BCUT2D eigenvalue weighted by atomic mass is 10.1. The third-order valence-corrected chi connectivity index (χ3v) is 3.77. The fourth-order valence-corrected chi connectivity index (χ4v) is 2.51. The minimum absolute atomic E-state index is 0. The minimum Gasteiger partial charge on any atom is -0.344 e. The predicted molar refractivity (Wildman–Crippen MR) is 97.6 cm³/mol. The molecule has 0 aromatic heterocycles. The summed E-state index contributed by atoms with van der Waals surface area (Å²) >= 11 is 0. The van der Waals surface area contributed by atoms with Gasteiger partial charge in [-0.2, -0.15) is 0 Å². The van der Waals surface area contributed by atoms with E-state index >= 15 is 0 Å². The number of rotatable bonds is 5. The number of aliphatic imine (C=N–C) groups is 1. The number of amidine groups is 1. The van der Waals surface area contributed by atoms with E-state index in [1.54, 1.807) is 0 Å². The molecular weight excluding hydrogens is 305 g/mol. The fourth-order valence-electron chi connectivity index (χ4n) is 2.51. The molecule has 120 valence electrons. The van der Waals surface area contributed by atoms with Crippen molar-refractivity contribution in [1.29, 1.82) is 0 Å². The van der Waals surface area contributed by atoms with Gasteiger partial charge in [0.2, 0.25) is 0 Å². The number of nitrogens with one attached hydrogen (secondary N) is 1. The third-order valence-electron chi connectivity index (χ3n) is 3.77. The monoisotopic (exact) mass is 331 g/mol. The van der Waals surface area contributed by atoms with Gasteiger partial charge < -0.3 is 10.2 Å². The molecule has 1 aromatic carbocycles. The van der Waals surface area contributed by atoms with Crippen molar-refractivity contribution >= 4 is 36.3 Å². The summed E-state index contributed by atoms with van der Waals surface area (Å²) in [4.78, 5) is 7.15. The van der Waals surface area contributed by atoms with Gasteiger partial charge in [-0.15, -0.1) is 24.8 Å². The largest absolute Gasteiger partial charge is 0.344 e. The van der Waals surface area contributed by atoms with E-state index in [-0.39, 0.29) is 24.8 Å². The van der Waals surface area contributed by atoms with Crippen molar-refractivity contribution in [3.8, 4) is 0 Å². The van der Waals surface area contributed by atoms with Crippen molar-refractivity contribution < 1.29 is 0 Å². The quantitative estimate of drug-likeness (QED) is 0.882. The highest BCUT2D eigenvalue weighted by molar-refractivity contribution is 5.96. The number of anilines is 1. The Kier molecular flexibility index (Phi) is 10.5. The van der Waals surface area contributed by atoms with Gasteiger partial charge in [-0.05, 0) is 37.6 Å². The van der Waals surface area contributed by atoms with Crippen LogP contribution in [0.5, 0.6) is 0 Å². The second kappa shape index (κ2) is 10.9. The van der Waals surface area contributed by atoms with Crippen LogP contribution in [0.4, 0.5) is 5.69 Å². The summed E-state index contributed by atoms with van der Waals surface area (Å²) in [5.41, 5.74) is 2.65. The van der Waals surface area contributed by atoms with Crippen molar-refractivity contribution in [1.82, 2.24) is 4.90 Å². The van der Waals surface area contributed by atoms with Gasteiger partial charge in [0.25, 0.3) is 0 Å². The minimum atomic E-state index is 0. The van der Waals surface area contributed by atoms with E-state index in [2.05, 4.69) is 48.3 Å². The molecule has 1 heterocycles. The van der Waals surface area contributed by atoms with E-state index in [9.17, 15) is 0 Å². The lowest BCUT2D eigenvalue weighted by Gasteiger charge is -2.16. The van der Waals surface area contributed by atoms with E-state index in [0.29, 0.717) is 0 Å². The Morgan fingerprint density at radius 3 is 2.52 bits per heavy atom. The maximum atomic E-state index is 4.74. The molecule has 21 heavy (non-hydrogen) atoms. The molecule has 1 aliphatic rings. The number of para-hydroxylation sites is 1. The summed E-state index contributed by atoms with van der Waals surface area (Å²) in [5, 5.41) is 3.50. The third kappa shape index (κ3) is 6.25. The van der Waals surface area contributed by atoms with E-state index in [1.165, 1.54) is 17.7 Å². The molecule has 0 unspecified atom stereocenters. The summed E-state index contributed by atoms with van der Waals surface area (Å²) in [5.74, 6) is 1.15. The summed E-state index contributed by atoms with van der Waals surface area (Å²) < 4.78 is 0. The molecule has 0 radical (unpaired) electrons. The van der Waals surface area contributed by atoms with E-state index in [0.717, 1.165) is 44.9 Å². The normalized spacial score (nSPS) is 15.5. The molecule has 5 heteroatoms. The number of nitrogens with zero attached hydrogens (tertiary/aromatic N) is 2. The summed E-state index contributed by atoms with van der Waals surface area (Å²) in [7, 11) is 0. The van der Waals surface area contributed by atoms with Gasteiger partial charge in [0, 0.05) is 18.7 Å². The Balaban J connectivity index is 0.00000200. The van der Waals surface area contributed by atoms with Gasteiger partial charge in [0.15, 0.2) is 0 Å². The highest BCUT2D eigenvalue weighted by atomic mass is 35.5. The molecule has 1 N–H and O–H groups in total. The summed E-state index contributed by atoms with van der Waals surface area (Å²) in [6, 6.07) is 8.56. The Labute approximate surface area is 141 Å². The molecule has 0 fully saturated rings. The van der Waals surface area contributed by atoms with Gasteiger partial charge in [-0.3, -0.25) is 4.99 Å². The van der Waals surface area contributed by atoms with Crippen LogP contribution in [0.15, 0.2) is 29.3 Å². The maximum absolute atomic E-state index is 4.74. The van der Waals surface area contributed by atoms with Crippen molar-refractivity contribution in [2.75, 3.05) is 31.5 Å². The van der Waals surface area contributed by atoms with Crippen LogP contribution in [0, 0.1) is 0 Å². The first-order valence-corrected chi connectivity index (χ1v) is 7.44. The average Bonchev–Trinajstić information content (AvgIpc) is 2.65. The topological polar surface area (TPSA) is 27.6 Å². The second-order valence-corrected chi connectivity index (χ2v) is 4.99. The number of hydrogen-bond acceptors (Lipinski definition) is 2. The number of fused-ring (bicyclic) bond motifs is 1. The van der Waals surface area contributed by atoms with Crippen LogP contribution in [-0.4, -0.2) is 36.9 Å². The van der Waals surface area contributed by atoms with E-state index in [4.69, 9.17) is 4.99 Å². The van der Waals surface area contributed by atoms with Crippen molar-refractivity contribution in [2.45, 2.75) is 33.1 Å². The SMILES string of the molecule is CCN(CC)CCN=C1CCCc2ccccc2N1.Cl.Cl. The van der Waals surface area contributed by atoms with Gasteiger partial charge in [0.1, 0.15) is 5.84 Å². The Hall–Kier alpha value is -0.770. The predicted octanol–water partition coefficient (Wildman–Crippen LogP) is 4.02. The Morgan fingerprint density at radius 2 is 1.81 bits per heavy atom. The Bertz CT molecular complexity index is 431. The van der Waals surface area contributed by atoms with Crippen LogP contribution in [0.3, 0.4) is 0 Å². The van der Waals surface area contributed by atoms with Crippen LogP contribution >= 0.6 is 24.8 Å². The molecule has 0 aliphatic carbocycles. The van der Waals surface area contributed by atoms with Gasteiger partial charge in [-0.1, -0.05) is 32.0 Å². The second-order valence-electron chi connectivity index (χ2n) is 4.99. The van der Waals surface area contributed by atoms with Gasteiger partial charge in [-0.25, -0.2) is 0 Å². The highest BCUT2D eigenvalue weighted by Gasteiger charge is 2.10. The summed E-state index contributed by atoms with van der Waals surface area (Å²) in [6.07, 6.45) is 3.40. The number of hydrogen-bond donors (Lipinski definition) is 1. The van der Waals surface area contributed by atoms with E-state index < -0.39 is 0 Å². The molecule has 0 bridgehead atoms. The standard InChI is InChI=1S/C16H25N3.2ClH/c1-3-19(4-2)13-12-17-16-11-7-9-14-8-5-6-10-15(14)18-16;;/h5-6,8,10H,3-4,7,9,11-13H2,1-2H3,(H,17,18);2*1H.